The number of aromatic amines is 2. The van der Waals surface area contributed by atoms with Crippen LogP contribution in [0.2, 0.25) is 0 Å². The highest BCUT2D eigenvalue weighted by Crippen LogP contribution is 2.22. The monoisotopic (exact) mass is 1020 g/mol. The molecule has 0 radical (unpaired) electrons. The minimum Gasteiger partial charge on any atom is -0.354 e. The Morgan fingerprint density at radius 2 is 1.23 bits per heavy atom. The number of aromatic nitrogens is 5. The highest BCUT2D eigenvalue weighted by Gasteiger charge is 2.33. The zero-order valence-corrected chi connectivity index (χ0v) is 42.4. The van der Waals surface area contributed by atoms with E-state index in [1.54, 1.807) is 38.1 Å². The van der Waals surface area contributed by atoms with Crippen molar-refractivity contribution < 1.29 is 43.2 Å². The van der Waals surface area contributed by atoms with E-state index < -0.39 is 96.1 Å². The third kappa shape index (κ3) is 17.2. The number of carbonyl (C=O) groups excluding carboxylic acids is 9. The molecule has 5 aromatic rings. The summed E-state index contributed by atoms with van der Waals surface area (Å²) in [6.45, 7) is 9.64. The molecular formula is C51H68N14O9. The van der Waals surface area contributed by atoms with Crippen LogP contribution in [0.5, 0.6) is 0 Å². The molecule has 5 rings (SSSR count). The SMILES string of the molecule is CC(=O)NC[C@H](CC(C)C)NC(=O)[C@H](Cc1cnc[nH]1)NC(=O)CNC(=O)[C@@H](NC(=O)[C@H](C)NC(=O)[C@H](Cc1cn(C=O)c2ccccc12)NC(=O)[C@H](Cc1cnc[nH]1)NC(=O)[C@H](N)Cc1ccccc1)C(C)C. The fourth-order valence-corrected chi connectivity index (χ4v) is 8.17. The zero-order chi connectivity index (χ0) is 53.9. The molecule has 3 aromatic heterocycles. The second-order valence-corrected chi connectivity index (χ2v) is 18.9. The fourth-order valence-electron chi connectivity index (χ4n) is 8.17. The standard InChI is InChI=1S/C51H68N14O9/c1-29(2)16-37(23-55-32(6)67)60-49(72)41(19-35-21-53-26-57-35)61-44(68)24-56-51(74)45(30(3)4)64-46(69)31(5)59-48(71)40(18-34-25-65(28-66)43-15-11-10-14-38(34)43)63-50(73)42(20-36-22-54-27-58-36)62-47(70)39(52)17-33-12-8-7-9-13-33/h7-15,21-22,25-31,37,39-42,45H,16-20,23-24,52H2,1-6H3,(H,53,57)(H,54,58)(H,55,67)(H,56,74)(H,59,71)(H,60,72)(H,61,68)(H,62,70)(H,63,73)(H,64,69)/t31-,37-,39+,40-,41-,42-,45-/m0/s1. The molecule has 7 atom stereocenters. The van der Waals surface area contributed by atoms with Crippen molar-refractivity contribution in [1.29, 1.82) is 0 Å². The Morgan fingerprint density at radius 3 is 1.82 bits per heavy atom. The van der Waals surface area contributed by atoms with Crippen molar-refractivity contribution in [3.8, 4) is 0 Å². The molecule has 0 unspecified atom stereocenters. The molecule has 0 spiro atoms. The van der Waals surface area contributed by atoms with Crippen LogP contribution in [0.1, 0.15) is 70.5 Å². The largest absolute Gasteiger partial charge is 0.354 e. The Kier molecular flexibility index (Phi) is 21.1. The van der Waals surface area contributed by atoms with Gasteiger partial charge in [0.1, 0.15) is 30.2 Å². The number of nitrogens with one attached hydrogen (secondary N) is 10. The minimum absolute atomic E-state index is 0.0349. The number of fused-ring (bicyclic) bond motifs is 1. The van der Waals surface area contributed by atoms with Crippen LogP contribution in [0.25, 0.3) is 10.9 Å². The Hall–Kier alpha value is -8.21. The van der Waals surface area contributed by atoms with Crippen molar-refractivity contribution >= 4 is 64.6 Å². The first kappa shape index (κ1) is 56.7. The molecule has 3 heterocycles. The molecule has 396 valence electrons. The lowest BCUT2D eigenvalue weighted by molar-refractivity contribution is -0.135. The number of hydrogen-bond acceptors (Lipinski definition) is 12. The van der Waals surface area contributed by atoms with Crippen LogP contribution >= 0.6 is 0 Å². The Morgan fingerprint density at radius 1 is 0.649 bits per heavy atom. The molecule has 0 aliphatic carbocycles. The topological polar surface area (TPSA) is 338 Å². The third-order valence-electron chi connectivity index (χ3n) is 12.0. The molecule has 2 aromatic carbocycles. The van der Waals surface area contributed by atoms with Gasteiger partial charge in [0.25, 0.3) is 0 Å². The van der Waals surface area contributed by atoms with Crippen molar-refractivity contribution in [1.82, 2.24) is 67.0 Å². The van der Waals surface area contributed by atoms with Gasteiger partial charge in [-0.2, -0.15) is 0 Å². The Bertz CT molecular complexity index is 2690. The normalized spacial score (nSPS) is 14.1. The zero-order valence-electron chi connectivity index (χ0n) is 42.4. The molecule has 0 saturated heterocycles. The van der Waals surface area contributed by atoms with Gasteiger partial charge in [0.05, 0.1) is 30.8 Å². The van der Waals surface area contributed by atoms with Crippen LogP contribution in [0.3, 0.4) is 0 Å². The summed E-state index contributed by atoms with van der Waals surface area (Å²) < 4.78 is 1.34. The summed E-state index contributed by atoms with van der Waals surface area (Å²) in [4.78, 5) is 134. The molecule has 12 N–H and O–H groups in total. The number of nitrogens with two attached hydrogens (primary N) is 1. The maximum atomic E-state index is 14.3. The lowest BCUT2D eigenvalue weighted by Gasteiger charge is -2.27. The molecule has 0 saturated carbocycles. The maximum Gasteiger partial charge on any atom is 0.243 e. The summed E-state index contributed by atoms with van der Waals surface area (Å²) in [6.07, 6.45) is 8.52. The molecule has 0 bridgehead atoms. The number of H-pyrrole nitrogens is 2. The smallest absolute Gasteiger partial charge is 0.243 e. The van der Waals surface area contributed by atoms with E-state index in [9.17, 15) is 43.2 Å². The van der Waals surface area contributed by atoms with Crippen LogP contribution in [0, 0.1) is 11.8 Å². The van der Waals surface area contributed by atoms with Gasteiger partial charge in [0.15, 0.2) is 0 Å². The highest BCUT2D eigenvalue weighted by molar-refractivity contribution is 5.97. The molecule has 0 aliphatic heterocycles. The van der Waals surface area contributed by atoms with Crippen molar-refractivity contribution in [3.05, 3.63) is 108 Å². The summed E-state index contributed by atoms with van der Waals surface area (Å²) in [6, 6.07) is 8.38. The van der Waals surface area contributed by atoms with E-state index in [2.05, 4.69) is 62.5 Å². The van der Waals surface area contributed by atoms with Gasteiger partial charge in [-0.15, -0.1) is 0 Å². The molecular weight excluding hydrogens is 953 g/mol. The quantitative estimate of drug-likeness (QED) is 0.0286. The van der Waals surface area contributed by atoms with Crippen LogP contribution in [-0.2, 0) is 68.8 Å². The third-order valence-corrected chi connectivity index (χ3v) is 12.0. The number of nitrogens with zero attached hydrogens (tertiary/aromatic N) is 3. The van der Waals surface area contributed by atoms with Crippen LogP contribution < -0.4 is 48.3 Å². The molecule has 23 heteroatoms. The van der Waals surface area contributed by atoms with E-state index in [1.165, 1.54) is 49.7 Å². The fraction of sp³-hybridized carbons (Fsp3) is 0.431. The number of imidazole rings is 2. The number of benzene rings is 2. The molecule has 8 amide bonds. The Labute approximate surface area is 428 Å². The summed E-state index contributed by atoms with van der Waals surface area (Å²) >= 11 is 0. The molecule has 74 heavy (non-hydrogen) atoms. The van der Waals surface area contributed by atoms with Gasteiger partial charge in [0, 0.05) is 74.1 Å². The van der Waals surface area contributed by atoms with Gasteiger partial charge in [-0.25, -0.2) is 9.97 Å². The molecule has 0 aliphatic rings. The van der Waals surface area contributed by atoms with Crippen molar-refractivity contribution in [2.24, 2.45) is 17.6 Å². The number of amides is 8. The van der Waals surface area contributed by atoms with Crippen molar-refractivity contribution in [2.45, 2.75) is 116 Å². The summed E-state index contributed by atoms with van der Waals surface area (Å²) in [5.41, 5.74) is 9.21. The number of rotatable bonds is 28. The Balaban J connectivity index is 1.27. The van der Waals surface area contributed by atoms with Crippen LogP contribution in [0.4, 0.5) is 0 Å². The number of para-hydroxylation sites is 1. The molecule has 0 fully saturated rings. The van der Waals surface area contributed by atoms with Gasteiger partial charge < -0.3 is 58.2 Å². The average molecular weight is 1020 g/mol. The van der Waals surface area contributed by atoms with E-state index >= 15 is 0 Å². The predicted octanol–water partition coefficient (Wildman–Crippen LogP) is -0.393. The van der Waals surface area contributed by atoms with Crippen LogP contribution in [0.15, 0.2) is 85.8 Å². The van der Waals surface area contributed by atoms with Crippen molar-refractivity contribution in [3.63, 3.8) is 0 Å². The maximum absolute atomic E-state index is 14.3. The first-order chi connectivity index (χ1) is 35.3. The minimum atomic E-state index is -1.39. The van der Waals surface area contributed by atoms with Crippen molar-refractivity contribution in [2.75, 3.05) is 13.1 Å². The van der Waals surface area contributed by atoms with E-state index in [1.807, 2.05) is 44.2 Å². The lowest BCUT2D eigenvalue weighted by atomic mass is 10.0. The second kappa shape index (κ2) is 27.6. The van der Waals surface area contributed by atoms with Gasteiger partial charge in [-0.05, 0) is 48.8 Å². The highest BCUT2D eigenvalue weighted by atomic mass is 16.2. The van der Waals surface area contributed by atoms with Gasteiger partial charge in [-0.1, -0.05) is 76.2 Å². The van der Waals surface area contributed by atoms with E-state index in [0.29, 0.717) is 40.7 Å². The first-order valence-electron chi connectivity index (χ1n) is 24.4. The first-order valence-corrected chi connectivity index (χ1v) is 24.4. The molecule has 23 nitrogen and oxygen atoms in total. The summed E-state index contributed by atoms with van der Waals surface area (Å²) in [5, 5.41) is 22.2. The average Bonchev–Trinajstić information content (AvgIpc) is 4.16. The van der Waals surface area contributed by atoms with Gasteiger partial charge >= 0.3 is 0 Å². The summed E-state index contributed by atoms with van der Waals surface area (Å²) in [5.74, 6) is -5.53. The predicted molar refractivity (Wildman–Crippen MR) is 274 cm³/mol. The second-order valence-electron chi connectivity index (χ2n) is 18.9. The number of hydrogen-bond donors (Lipinski definition) is 11. The van der Waals surface area contributed by atoms with Crippen LogP contribution in [-0.4, -0.2) is 134 Å². The number of carbonyl (C=O) groups is 9. The van der Waals surface area contributed by atoms with E-state index in [4.69, 9.17) is 5.73 Å². The van der Waals surface area contributed by atoms with E-state index in [-0.39, 0.29) is 44.1 Å². The van der Waals surface area contributed by atoms with Gasteiger partial charge in [-0.3, -0.25) is 47.7 Å². The van der Waals surface area contributed by atoms with Gasteiger partial charge in [0.2, 0.25) is 53.7 Å². The summed E-state index contributed by atoms with van der Waals surface area (Å²) in [7, 11) is 0. The lowest BCUT2D eigenvalue weighted by Crippen LogP contribution is -2.59. The van der Waals surface area contributed by atoms with E-state index in [0.717, 1.165) is 5.56 Å².